The average Bonchev–Trinajstić information content (AvgIpc) is 2.58. The lowest BCUT2D eigenvalue weighted by molar-refractivity contribution is -0.144. The molecular weight excluding hydrogens is 200 g/mol. The van der Waals surface area contributed by atoms with Crippen LogP contribution in [0.4, 0.5) is 0 Å². The Balaban J connectivity index is 2.21. The van der Waals surface area contributed by atoms with Gasteiger partial charge < -0.3 is 10.2 Å². The molecule has 0 radical (unpaired) electrons. The number of fused-ring (bicyclic) bond motifs is 1. The molecule has 3 fully saturated rings. The molecule has 0 aromatic heterocycles. The van der Waals surface area contributed by atoms with Crippen LogP contribution < -0.4 is 0 Å². The largest absolute Gasteiger partial charge is 0.390 e. The molecule has 0 unspecified atom stereocenters. The molecule has 5 atom stereocenters. The van der Waals surface area contributed by atoms with Crippen molar-refractivity contribution in [1.29, 1.82) is 0 Å². The minimum Gasteiger partial charge on any atom is -0.390 e. The summed E-state index contributed by atoms with van der Waals surface area (Å²) in [5.41, 5.74) is -0.727. The van der Waals surface area contributed by atoms with Gasteiger partial charge in [0.1, 0.15) is 0 Å². The molecule has 0 saturated heterocycles. The summed E-state index contributed by atoms with van der Waals surface area (Å²) in [7, 11) is 0. The normalized spacial score (nSPS) is 58.7. The topological polar surface area (TPSA) is 40.5 Å². The predicted molar refractivity (Wildman–Crippen MR) is 62.9 cm³/mol. The van der Waals surface area contributed by atoms with Gasteiger partial charge in [0.15, 0.2) is 0 Å². The molecule has 92 valence electrons. The third kappa shape index (κ3) is 0.830. The van der Waals surface area contributed by atoms with E-state index in [4.69, 9.17) is 0 Å². The molecule has 2 bridgehead atoms. The Labute approximate surface area is 98.1 Å². The van der Waals surface area contributed by atoms with E-state index in [1.165, 1.54) is 6.42 Å². The monoisotopic (exact) mass is 224 g/mol. The summed E-state index contributed by atoms with van der Waals surface area (Å²) in [6.07, 6.45) is 4.75. The van der Waals surface area contributed by atoms with E-state index >= 15 is 0 Å². The molecule has 3 saturated carbocycles. The van der Waals surface area contributed by atoms with Crippen LogP contribution in [0.3, 0.4) is 0 Å². The van der Waals surface area contributed by atoms with Gasteiger partial charge in [0.2, 0.25) is 0 Å². The van der Waals surface area contributed by atoms with Crippen molar-refractivity contribution in [3.05, 3.63) is 0 Å². The van der Waals surface area contributed by atoms with Crippen molar-refractivity contribution in [3.8, 4) is 0 Å². The maximum absolute atomic E-state index is 11.0. The lowest BCUT2D eigenvalue weighted by Crippen LogP contribution is -2.54. The van der Waals surface area contributed by atoms with Crippen LogP contribution in [0.2, 0.25) is 0 Å². The number of rotatable bonds is 0. The molecule has 16 heavy (non-hydrogen) atoms. The molecule has 0 aromatic carbocycles. The molecule has 3 aliphatic rings. The van der Waals surface area contributed by atoms with Crippen molar-refractivity contribution in [2.45, 2.75) is 64.6 Å². The summed E-state index contributed by atoms with van der Waals surface area (Å²) in [4.78, 5) is 0. The van der Waals surface area contributed by atoms with Gasteiger partial charge in [-0.05, 0) is 49.4 Å². The first kappa shape index (κ1) is 11.0. The molecule has 2 N–H and O–H groups in total. The predicted octanol–water partition coefficient (Wildman–Crippen LogP) is 2.33. The van der Waals surface area contributed by atoms with Crippen molar-refractivity contribution < 1.29 is 10.2 Å². The molecule has 0 heterocycles. The number of aliphatic hydroxyl groups excluding tert-OH is 1. The van der Waals surface area contributed by atoms with Gasteiger partial charge in [-0.2, -0.15) is 0 Å². The highest BCUT2D eigenvalue weighted by Gasteiger charge is 2.76. The third-order valence-corrected chi connectivity index (χ3v) is 6.60. The van der Waals surface area contributed by atoms with Crippen LogP contribution in [0.25, 0.3) is 0 Å². The van der Waals surface area contributed by atoms with Crippen LogP contribution in [0.5, 0.6) is 0 Å². The second-order valence-corrected chi connectivity index (χ2v) is 7.00. The highest BCUT2D eigenvalue weighted by Crippen LogP contribution is 2.74. The van der Waals surface area contributed by atoms with E-state index in [2.05, 4.69) is 20.8 Å². The minimum atomic E-state index is -0.795. The van der Waals surface area contributed by atoms with Gasteiger partial charge in [-0.15, -0.1) is 0 Å². The van der Waals surface area contributed by atoms with Gasteiger partial charge in [0.05, 0.1) is 11.7 Å². The summed E-state index contributed by atoms with van der Waals surface area (Å²) in [6, 6.07) is 0. The second-order valence-electron chi connectivity index (χ2n) is 7.00. The summed E-state index contributed by atoms with van der Waals surface area (Å²) in [6.45, 7) is 6.84. The molecule has 0 aliphatic heterocycles. The Bertz CT molecular complexity index is 325. The maximum atomic E-state index is 11.0. The van der Waals surface area contributed by atoms with Gasteiger partial charge in [-0.3, -0.25) is 0 Å². The van der Waals surface area contributed by atoms with Crippen molar-refractivity contribution >= 4 is 0 Å². The summed E-state index contributed by atoms with van der Waals surface area (Å²) >= 11 is 0. The second kappa shape index (κ2) is 2.84. The number of hydrogen-bond donors (Lipinski definition) is 2. The summed E-state index contributed by atoms with van der Waals surface area (Å²) in [5.74, 6) is 0.845. The Morgan fingerprint density at radius 2 is 1.81 bits per heavy atom. The Hall–Kier alpha value is -0.0800. The van der Waals surface area contributed by atoms with Gasteiger partial charge in [0, 0.05) is 5.41 Å². The number of aliphatic hydroxyl groups is 2. The zero-order valence-corrected chi connectivity index (χ0v) is 10.7. The lowest BCUT2D eigenvalue weighted by Gasteiger charge is -2.53. The Kier molecular flexibility index (Phi) is 1.96. The van der Waals surface area contributed by atoms with Crippen molar-refractivity contribution in [2.75, 3.05) is 0 Å². The smallest absolute Gasteiger partial charge is 0.0971 e. The SMILES string of the molecule is C[C@@H]1CC[C@@H]2[C@H](O)[C@@]3(O)CCC[C@]13C2(C)C. The molecular formula is C14H24O2. The average molecular weight is 224 g/mol. The summed E-state index contributed by atoms with van der Waals surface area (Å²) < 4.78 is 0. The van der Waals surface area contributed by atoms with Crippen LogP contribution in [0.1, 0.15) is 52.9 Å². The molecule has 2 nitrogen and oxygen atoms in total. The molecule has 1 spiro atoms. The van der Waals surface area contributed by atoms with E-state index in [9.17, 15) is 10.2 Å². The first-order valence-corrected chi connectivity index (χ1v) is 6.78. The molecule has 2 heteroatoms. The van der Waals surface area contributed by atoms with E-state index in [1.807, 2.05) is 0 Å². The zero-order valence-electron chi connectivity index (χ0n) is 10.7. The van der Waals surface area contributed by atoms with Crippen LogP contribution in [0.15, 0.2) is 0 Å². The fraction of sp³-hybridized carbons (Fsp3) is 1.00. The molecule has 0 amide bonds. The third-order valence-electron chi connectivity index (χ3n) is 6.60. The van der Waals surface area contributed by atoms with Crippen molar-refractivity contribution in [1.82, 2.24) is 0 Å². The quantitative estimate of drug-likeness (QED) is 0.663. The van der Waals surface area contributed by atoms with Gasteiger partial charge in [-0.1, -0.05) is 20.8 Å². The Morgan fingerprint density at radius 3 is 2.50 bits per heavy atom. The van der Waals surface area contributed by atoms with Crippen molar-refractivity contribution in [2.24, 2.45) is 22.7 Å². The van der Waals surface area contributed by atoms with Gasteiger partial charge in [0.25, 0.3) is 0 Å². The first-order chi connectivity index (χ1) is 7.38. The summed E-state index contributed by atoms with van der Waals surface area (Å²) in [5, 5.41) is 21.5. The van der Waals surface area contributed by atoms with Crippen LogP contribution in [-0.2, 0) is 0 Å². The van der Waals surface area contributed by atoms with E-state index < -0.39 is 11.7 Å². The Morgan fingerprint density at radius 1 is 1.12 bits per heavy atom. The zero-order chi connectivity index (χ0) is 11.8. The molecule has 3 aliphatic carbocycles. The number of hydrogen-bond acceptors (Lipinski definition) is 2. The fourth-order valence-corrected chi connectivity index (χ4v) is 5.93. The maximum Gasteiger partial charge on any atom is 0.0971 e. The van der Waals surface area contributed by atoms with Gasteiger partial charge in [-0.25, -0.2) is 0 Å². The minimum absolute atomic E-state index is 0.0255. The lowest BCUT2D eigenvalue weighted by atomic mass is 9.51. The van der Waals surface area contributed by atoms with E-state index in [0.29, 0.717) is 11.8 Å². The van der Waals surface area contributed by atoms with Gasteiger partial charge >= 0.3 is 0 Å². The van der Waals surface area contributed by atoms with Crippen LogP contribution in [-0.4, -0.2) is 21.9 Å². The van der Waals surface area contributed by atoms with E-state index in [-0.39, 0.29) is 10.8 Å². The standard InChI is InChI=1S/C14H24O2/c1-9-5-6-10-11(15)14(16)8-4-7-13(9,14)12(10,2)3/h9-11,15-16H,4-8H2,1-3H3/t9-,10-,11+,13-,14+/m1/s1. The highest BCUT2D eigenvalue weighted by molar-refractivity contribution is 5.25. The van der Waals surface area contributed by atoms with E-state index in [0.717, 1.165) is 25.7 Å². The van der Waals surface area contributed by atoms with Crippen molar-refractivity contribution in [3.63, 3.8) is 0 Å². The highest BCUT2D eigenvalue weighted by atomic mass is 16.3. The molecule has 0 aromatic rings. The fourth-order valence-electron chi connectivity index (χ4n) is 5.93. The van der Waals surface area contributed by atoms with E-state index in [1.54, 1.807) is 0 Å². The first-order valence-electron chi connectivity index (χ1n) is 6.78. The van der Waals surface area contributed by atoms with Crippen LogP contribution >= 0.6 is 0 Å². The van der Waals surface area contributed by atoms with Crippen LogP contribution in [0, 0.1) is 22.7 Å². The molecule has 3 rings (SSSR count).